The third-order valence-electron chi connectivity index (χ3n) is 3.00. The van der Waals surface area contributed by atoms with Gasteiger partial charge < -0.3 is 10.1 Å². The molecule has 0 unspecified atom stereocenters. The summed E-state index contributed by atoms with van der Waals surface area (Å²) in [6.45, 7) is 0. The summed E-state index contributed by atoms with van der Waals surface area (Å²) in [6, 6.07) is 17.4. The zero-order valence-corrected chi connectivity index (χ0v) is 12.0. The molecule has 0 radical (unpaired) electrons. The van der Waals surface area contributed by atoms with E-state index in [0.717, 1.165) is 21.9 Å². The van der Waals surface area contributed by atoms with Crippen molar-refractivity contribution < 1.29 is 5.11 Å². The maximum atomic E-state index is 10.1. The van der Waals surface area contributed by atoms with Crippen LogP contribution >= 0.6 is 11.8 Å². The van der Waals surface area contributed by atoms with Gasteiger partial charge in [0.1, 0.15) is 11.6 Å². The van der Waals surface area contributed by atoms with Crippen LogP contribution in [0.4, 0.5) is 0 Å². The lowest BCUT2D eigenvalue weighted by Gasteiger charge is -2.07. The van der Waals surface area contributed by atoms with E-state index in [2.05, 4.69) is 9.97 Å². The molecule has 0 aliphatic heterocycles. The molecule has 3 nitrogen and oxygen atoms in total. The first-order valence-electron chi connectivity index (χ1n) is 6.54. The maximum absolute atomic E-state index is 10.1. The molecule has 2 aromatic carbocycles. The van der Waals surface area contributed by atoms with Crippen LogP contribution in [0.2, 0.25) is 0 Å². The molecule has 1 aromatic heterocycles. The Hall–Kier alpha value is -2.46. The minimum absolute atomic E-state index is 0.244. The number of hydrogen-bond donors (Lipinski definition) is 2. The molecule has 0 spiro atoms. The largest absolute Gasteiger partial charge is 0.507 e. The summed E-state index contributed by atoms with van der Waals surface area (Å²) in [5, 5.41) is 12.1. The molecule has 1 heterocycles. The Morgan fingerprint density at radius 2 is 1.81 bits per heavy atom. The zero-order chi connectivity index (χ0) is 14.5. The van der Waals surface area contributed by atoms with Crippen LogP contribution in [-0.4, -0.2) is 15.1 Å². The van der Waals surface area contributed by atoms with Crippen molar-refractivity contribution >= 4 is 17.3 Å². The van der Waals surface area contributed by atoms with E-state index in [1.165, 1.54) is 0 Å². The van der Waals surface area contributed by atoms with E-state index in [0.29, 0.717) is 0 Å². The van der Waals surface area contributed by atoms with Gasteiger partial charge in [0.15, 0.2) is 0 Å². The summed E-state index contributed by atoms with van der Waals surface area (Å²) in [5.41, 5.74) is 1.63. The third-order valence-corrected chi connectivity index (χ3v) is 3.90. The first-order valence-corrected chi connectivity index (χ1v) is 7.42. The normalized spacial score (nSPS) is 11.5. The number of para-hydroxylation sites is 1. The van der Waals surface area contributed by atoms with Crippen LogP contribution in [-0.2, 0) is 0 Å². The summed E-state index contributed by atoms with van der Waals surface area (Å²) in [7, 11) is 0. The van der Waals surface area contributed by atoms with Crippen LogP contribution in [0.15, 0.2) is 77.3 Å². The van der Waals surface area contributed by atoms with E-state index in [4.69, 9.17) is 0 Å². The maximum Gasteiger partial charge on any atom is 0.138 e. The molecule has 3 rings (SSSR count). The van der Waals surface area contributed by atoms with E-state index in [9.17, 15) is 5.11 Å². The van der Waals surface area contributed by atoms with Gasteiger partial charge in [-0.15, -0.1) is 0 Å². The van der Waals surface area contributed by atoms with E-state index < -0.39 is 0 Å². The Labute approximate surface area is 127 Å². The molecule has 3 aromatic rings. The molecule has 21 heavy (non-hydrogen) atoms. The highest BCUT2D eigenvalue weighted by Gasteiger charge is 2.11. The second kappa shape index (κ2) is 6.33. The highest BCUT2D eigenvalue weighted by molar-refractivity contribution is 8.02. The summed E-state index contributed by atoms with van der Waals surface area (Å²) in [6.07, 6.45) is 3.48. The summed E-state index contributed by atoms with van der Waals surface area (Å²) >= 11 is 1.60. The lowest BCUT2D eigenvalue weighted by molar-refractivity contribution is 0.473. The number of nitrogens with zero attached hydrogens (tertiary/aromatic N) is 1. The molecule has 0 saturated carbocycles. The smallest absolute Gasteiger partial charge is 0.138 e. The van der Waals surface area contributed by atoms with Crippen molar-refractivity contribution in [2.24, 2.45) is 0 Å². The molecule has 0 aliphatic carbocycles. The van der Waals surface area contributed by atoms with Crippen molar-refractivity contribution in [3.8, 4) is 5.75 Å². The molecule has 0 bridgehead atoms. The minimum atomic E-state index is 0.244. The number of nitrogens with one attached hydrogen (secondary N) is 1. The van der Waals surface area contributed by atoms with Crippen molar-refractivity contribution in [1.29, 1.82) is 0 Å². The molecule has 0 saturated heterocycles. The molecule has 2 N–H and O–H groups in total. The van der Waals surface area contributed by atoms with Gasteiger partial charge in [0.05, 0.1) is 0 Å². The van der Waals surface area contributed by atoms with E-state index in [-0.39, 0.29) is 5.75 Å². The van der Waals surface area contributed by atoms with Crippen molar-refractivity contribution in [2.45, 2.75) is 4.90 Å². The number of aromatic hydroxyl groups is 1. The fourth-order valence-corrected chi connectivity index (χ4v) is 2.79. The van der Waals surface area contributed by atoms with Crippen LogP contribution < -0.4 is 0 Å². The number of hydrogen-bond acceptors (Lipinski definition) is 3. The number of thioether (sulfide) groups is 1. The van der Waals surface area contributed by atoms with Gasteiger partial charge in [0.25, 0.3) is 0 Å². The second-order valence-corrected chi connectivity index (χ2v) is 5.36. The fraction of sp³-hybridized carbons (Fsp3) is 0. The Morgan fingerprint density at radius 1 is 1.05 bits per heavy atom. The van der Waals surface area contributed by atoms with Gasteiger partial charge in [-0.25, -0.2) is 4.98 Å². The number of aromatic nitrogens is 2. The summed E-state index contributed by atoms with van der Waals surface area (Å²) in [5.74, 6) is 0.980. The van der Waals surface area contributed by atoms with E-state index >= 15 is 0 Å². The lowest BCUT2D eigenvalue weighted by Crippen LogP contribution is -1.90. The number of imidazole rings is 1. The number of aromatic amines is 1. The van der Waals surface area contributed by atoms with Gasteiger partial charge in [-0.2, -0.15) is 0 Å². The van der Waals surface area contributed by atoms with Crippen LogP contribution in [0.1, 0.15) is 11.4 Å². The highest BCUT2D eigenvalue weighted by Crippen LogP contribution is 2.32. The number of phenols is 1. The van der Waals surface area contributed by atoms with E-state index in [1.807, 2.05) is 53.9 Å². The lowest BCUT2D eigenvalue weighted by atomic mass is 10.1. The van der Waals surface area contributed by atoms with Crippen LogP contribution in [0.5, 0.6) is 5.75 Å². The Kier molecular flexibility index (Phi) is 4.07. The molecule has 104 valence electrons. The summed E-state index contributed by atoms with van der Waals surface area (Å²) in [4.78, 5) is 8.53. The zero-order valence-electron chi connectivity index (χ0n) is 11.2. The van der Waals surface area contributed by atoms with Crippen molar-refractivity contribution in [2.75, 3.05) is 0 Å². The number of benzene rings is 2. The van der Waals surface area contributed by atoms with Gasteiger partial charge >= 0.3 is 0 Å². The van der Waals surface area contributed by atoms with Gasteiger partial charge in [-0.3, -0.25) is 0 Å². The second-order valence-electron chi connectivity index (χ2n) is 4.42. The first kappa shape index (κ1) is 13.5. The first-order chi connectivity index (χ1) is 10.3. The molecular formula is C17H14N2OS. The molecule has 0 atom stereocenters. The molecular weight excluding hydrogens is 280 g/mol. The van der Waals surface area contributed by atoms with Crippen LogP contribution in [0.3, 0.4) is 0 Å². The predicted molar refractivity (Wildman–Crippen MR) is 86.1 cm³/mol. The number of rotatable bonds is 4. The Balaban J connectivity index is 2.00. The molecule has 0 aliphatic rings. The van der Waals surface area contributed by atoms with Crippen molar-refractivity contribution in [1.82, 2.24) is 9.97 Å². The standard InChI is InChI=1S/C17H14N2OS/c20-16-9-5-4-8-14(16)15(17-18-10-11-19-17)12-21-13-6-2-1-3-7-13/h1-12,20H,(H,18,19)/b15-12-. The average Bonchev–Trinajstić information content (AvgIpc) is 3.04. The molecule has 4 heteroatoms. The molecule has 0 fully saturated rings. The van der Waals surface area contributed by atoms with Crippen molar-refractivity contribution in [3.63, 3.8) is 0 Å². The minimum Gasteiger partial charge on any atom is -0.507 e. The Morgan fingerprint density at radius 3 is 2.52 bits per heavy atom. The van der Waals surface area contributed by atoms with Gasteiger partial charge in [-0.05, 0) is 23.6 Å². The number of phenolic OH excluding ortho intramolecular Hbond substituents is 1. The third kappa shape index (κ3) is 3.17. The predicted octanol–water partition coefficient (Wildman–Crippen LogP) is 4.30. The number of H-pyrrole nitrogens is 1. The van der Waals surface area contributed by atoms with Gasteiger partial charge in [-0.1, -0.05) is 48.2 Å². The SMILES string of the molecule is Oc1ccccc1/C(=C/Sc1ccccc1)c1ncc[nH]1. The fourth-order valence-electron chi connectivity index (χ4n) is 1.99. The molecule has 0 amide bonds. The van der Waals surface area contributed by atoms with E-state index in [1.54, 1.807) is 30.2 Å². The summed E-state index contributed by atoms with van der Waals surface area (Å²) < 4.78 is 0. The topological polar surface area (TPSA) is 48.9 Å². The van der Waals surface area contributed by atoms with Crippen molar-refractivity contribution in [3.05, 3.63) is 83.8 Å². The quantitative estimate of drug-likeness (QED) is 0.705. The Bertz CT molecular complexity index is 737. The highest BCUT2D eigenvalue weighted by atomic mass is 32.2. The van der Waals surface area contributed by atoms with Gasteiger partial charge in [0, 0.05) is 28.4 Å². The van der Waals surface area contributed by atoms with Crippen LogP contribution in [0.25, 0.3) is 5.57 Å². The van der Waals surface area contributed by atoms with Crippen LogP contribution in [0, 0.1) is 0 Å². The average molecular weight is 294 g/mol. The monoisotopic (exact) mass is 294 g/mol. The van der Waals surface area contributed by atoms with Gasteiger partial charge in [0.2, 0.25) is 0 Å².